The number of nitriles is 1. The lowest BCUT2D eigenvalue weighted by atomic mass is 9.99. The van der Waals surface area contributed by atoms with Gasteiger partial charge >= 0.3 is 0 Å². The first kappa shape index (κ1) is 21.8. The summed E-state index contributed by atoms with van der Waals surface area (Å²) in [6.07, 6.45) is 2.48. The lowest BCUT2D eigenvalue weighted by Gasteiger charge is -2.32. The van der Waals surface area contributed by atoms with Crippen molar-refractivity contribution in [3.63, 3.8) is 0 Å². The molecule has 1 heterocycles. The highest BCUT2D eigenvalue weighted by Gasteiger charge is 2.17. The molecule has 0 spiro atoms. The van der Waals surface area contributed by atoms with Crippen LogP contribution in [-0.4, -0.2) is 34.0 Å². The van der Waals surface area contributed by atoms with E-state index in [1.807, 2.05) is 30.3 Å². The Balaban J connectivity index is 1.60. The van der Waals surface area contributed by atoms with Crippen molar-refractivity contribution in [1.29, 1.82) is 5.26 Å². The summed E-state index contributed by atoms with van der Waals surface area (Å²) in [7, 11) is -3.69. The number of carbonyl (C=O) groups excluding carboxylic acids is 1. The van der Waals surface area contributed by atoms with Crippen molar-refractivity contribution in [2.45, 2.75) is 31.1 Å². The predicted octanol–water partition coefficient (Wildman–Crippen LogP) is 3.37. The van der Waals surface area contributed by atoms with Gasteiger partial charge in [0.1, 0.15) is 0 Å². The first-order valence-corrected chi connectivity index (χ1v) is 11.5. The van der Waals surface area contributed by atoms with Gasteiger partial charge in [0.05, 0.1) is 11.0 Å². The minimum atomic E-state index is -3.69. The van der Waals surface area contributed by atoms with Crippen LogP contribution in [0.15, 0.2) is 53.4 Å². The second-order valence-electron chi connectivity index (χ2n) is 7.50. The number of hydrogen-bond donors (Lipinski definition) is 2. The molecule has 1 aliphatic rings. The molecule has 2 aromatic carbocycles. The zero-order valence-corrected chi connectivity index (χ0v) is 17.8. The lowest BCUT2D eigenvalue weighted by Crippen LogP contribution is -2.32. The molecule has 0 aliphatic carbocycles. The quantitative estimate of drug-likeness (QED) is 0.661. The zero-order chi connectivity index (χ0) is 21.6. The van der Waals surface area contributed by atoms with Crippen LogP contribution >= 0.6 is 0 Å². The summed E-state index contributed by atoms with van der Waals surface area (Å²) >= 11 is 0. The number of anilines is 2. The molecule has 0 bridgehead atoms. The minimum Gasteiger partial charge on any atom is -0.372 e. The van der Waals surface area contributed by atoms with Gasteiger partial charge in [0.2, 0.25) is 10.0 Å². The van der Waals surface area contributed by atoms with Crippen LogP contribution in [-0.2, 0) is 10.0 Å². The fraction of sp³-hybridized carbons (Fsp3) is 0.364. The summed E-state index contributed by atoms with van der Waals surface area (Å²) in [6, 6.07) is 15.4. The molecule has 7 nitrogen and oxygen atoms in total. The summed E-state index contributed by atoms with van der Waals surface area (Å²) in [5.41, 5.74) is 2.20. The number of carbonyl (C=O) groups is 1. The molecule has 0 aromatic heterocycles. The Morgan fingerprint density at radius 2 is 1.73 bits per heavy atom. The van der Waals surface area contributed by atoms with Crippen LogP contribution in [0.4, 0.5) is 11.4 Å². The van der Waals surface area contributed by atoms with E-state index in [1.165, 1.54) is 37.1 Å². The molecule has 1 aliphatic heterocycles. The number of sulfonamides is 1. The van der Waals surface area contributed by atoms with E-state index in [-0.39, 0.29) is 23.8 Å². The summed E-state index contributed by atoms with van der Waals surface area (Å²) in [4.78, 5) is 14.9. The van der Waals surface area contributed by atoms with E-state index in [0.29, 0.717) is 11.3 Å². The molecule has 2 aromatic rings. The van der Waals surface area contributed by atoms with Crippen molar-refractivity contribution in [3.8, 4) is 6.07 Å². The van der Waals surface area contributed by atoms with E-state index in [9.17, 15) is 13.2 Å². The highest BCUT2D eigenvalue weighted by Crippen LogP contribution is 2.24. The maximum atomic E-state index is 12.5. The number of hydrogen-bond acceptors (Lipinski definition) is 5. The Labute approximate surface area is 177 Å². The van der Waals surface area contributed by atoms with Crippen LogP contribution in [0.25, 0.3) is 0 Å². The fourth-order valence-electron chi connectivity index (χ4n) is 3.34. The fourth-order valence-corrected chi connectivity index (χ4v) is 4.37. The monoisotopic (exact) mass is 426 g/mol. The zero-order valence-electron chi connectivity index (χ0n) is 17.0. The molecule has 2 N–H and O–H groups in total. The number of rotatable bonds is 7. The number of benzene rings is 2. The number of amides is 1. The first-order valence-electron chi connectivity index (χ1n) is 10.0. The van der Waals surface area contributed by atoms with Crippen LogP contribution in [0.1, 0.15) is 36.5 Å². The Morgan fingerprint density at radius 1 is 1.10 bits per heavy atom. The van der Waals surface area contributed by atoms with Gasteiger partial charge in [-0.15, -0.1) is 0 Å². The van der Waals surface area contributed by atoms with Crippen LogP contribution in [0.2, 0.25) is 0 Å². The molecular weight excluding hydrogens is 400 g/mol. The third-order valence-electron chi connectivity index (χ3n) is 5.23. The van der Waals surface area contributed by atoms with E-state index < -0.39 is 10.0 Å². The summed E-state index contributed by atoms with van der Waals surface area (Å²) < 4.78 is 26.6. The highest BCUT2D eigenvalue weighted by molar-refractivity contribution is 7.89. The van der Waals surface area contributed by atoms with E-state index in [2.05, 4.69) is 21.9 Å². The van der Waals surface area contributed by atoms with Gasteiger partial charge < -0.3 is 10.2 Å². The van der Waals surface area contributed by atoms with Gasteiger partial charge in [-0.25, -0.2) is 13.1 Å². The molecule has 8 heteroatoms. The smallest absolute Gasteiger partial charge is 0.255 e. The van der Waals surface area contributed by atoms with Gasteiger partial charge in [-0.3, -0.25) is 4.79 Å². The van der Waals surface area contributed by atoms with Crippen molar-refractivity contribution in [3.05, 3.63) is 54.1 Å². The topological polar surface area (TPSA) is 102 Å². The molecule has 0 radical (unpaired) electrons. The van der Waals surface area contributed by atoms with Crippen LogP contribution in [0.3, 0.4) is 0 Å². The largest absolute Gasteiger partial charge is 0.372 e. The van der Waals surface area contributed by atoms with Crippen molar-refractivity contribution < 1.29 is 13.2 Å². The Hall–Kier alpha value is -2.89. The molecule has 1 saturated heterocycles. The summed E-state index contributed by atoms with van der Waals surface area (Å²) in [5, 5.41) is 11.3. The molecular formula is C22H26N4O3S. The van der Waals surface area contributed by atoms with Gasteiger partial charge in [0.25, 0.3) is 5.91 Å². The highest BCUT2D eigenvalue weighted by atomic mass is 32.2. The van der Waals surface area contributed by atoms with E-state index in [1.54, 1.807) is 0 Å². The molecule has 30 heavy (non-hydrogen) atoms. The van der Waals surface area contributed by atoms with E-state index in [0.717, 1.165) is 24.7 Å². The van der Waals surface area contributed by atoms with Gasteiger partial charge in [-0.1, -0.05) is 6.92 Å². The van der Waals surface area contributed by atoms with Gasteiger partial charge in [0.15, 0.2) is 0 Å². The summed E-state index contributed by atoms with van der Waals surface area (Å²) in [5.74, 6) is 0.463. The average molecular weight is 427 g/mol. The van der Waals surface area contributed by atoms with Crippen LogP contribution in [0, 0.1) is 17.2 Å². The molecule has 158 valence electrons. The Bertz CT molecular complexity index is 1000. The van der Waals surface area contributed by atoms with E-state index in [4.69, 9.17) is 5.26 Å². The number of piperidine rings is 1. The van der Waals surface area contributed by atoms with Crippen molar-refractivity contribution in [2.75, 3.05) is 29.9 Å². The standard InChI is InChI=1S/C22H26N4O3S/c1-17-11-15-26(16-12-17)20-7-5-19(6-8-20)25-22(27)18-3-9-21(10-4-18)30(28,29)24-14-2-13-23/h3-10,17,24H,2,11-12,14-16H2,1H3,(H,25,27). The number of nitrogens with zero attached hydrogens (tertiary/aromatic N) is 2. The van der Waals surface area contributed by atoms with Crippen molar-refractivity contribution >= 4 is 27.3 Å². The molecule has 0 atom stereocenters. The van der Waals surface area contributed by atoms with Crippen molar-refractivity contribution in [2.24, 2.45) is 5.92 Å². The van der Waals surface area contributed by atoms with Crippen molar-refractivity contribution in [1.82, 2.24) is 4.72 Å². The van der Waals surface area contributed by atoms with Gasteiger partial charge in [0, 0.05) is 43.0 Å². The third-order valence-corrected chi connectivity index (χ3v) is 6.71. The second kappa shape index (κ2) is 9.74. The third kappa shape index (κ3) is 5.59. The molecule has 0 unspecified atom stereocenters. The average Bonchev–Trinajstić information content (AvgIpc) is 2.75. The second-order valence-corrected chi connectivity index (χ2v) is 9.27. The maximum absolute atomic E-state index is 12.5. The van der Waals surface area contributed by atoms with E-state index >= 15 is 0 Å². The normalized spacial score (nSPS) is 14.9. The molecule has 1 fully saturated rings. The molecule has 0 saturated carbocycles. The number of nitrogens with one attached hydrogen (secondary N) is 2. The SMILES string of the molecule is CC1CCN(c2ccc(NC(=O)c3ccc(S(=O)(=O)NCCC#N)cc3)cc2)CC1. The predicted molar refractivity (Wildman–Crippen MR) is 117 cm³/mol. The Kier molecular flexibility index (Phi) is 7.08. The molecule has 3 rings (SSSR count). The maximum Gasteiger partial charge on any atom is 0.255 e. The van der Waals surface area contributed by atoms with Crippen LogP contribution < -0.4 is 14.9 Å². The van der Waals surface area contributed by atoms with Gasteiger partial charge in [-0.2, -0.15) is 5.26 Å². The van der Waals surface area contributed by atoms with Crippen LogP contribution in [0.5, 0.6) is 0 Å². The first-order chi connectivity index (χ1) is 14.4. The van der Waals surface area contributed by atoms with Gasteiger partial charge in [-0.05, 0) is 67.3 Å². The molecule has 1 amide bonds. The lowest BCUT2D eigenvalue weighted by molar-refractivity contribution is 0.102. The summed E-state index contributed by atoms with van der Waals surface area (Å²) in [6.45, 7) is 4.43. The Morgan fingerprint density at radius 3 is 2.33 bits per heavy atom. The minimum absolute atomic E-state index is 0.0491.